The lowest BCUT2D eigenvalue weighted by molar-refractivity contribution is 0.584. The summed E-state index contributed by atoms with van der Waals surface area (Å²) in [5.41, 5.74) is 1.20. The van der Waals surface area contributed by atoms with Crippen LogP contribution >= 0.6 is 34.2 Å². The summed E-state index contributed by atoms with van der Waals surface area (Å²) in [6.45, 7) is 6.41. The fourth-order valence-corrected chi connectivity index (χ4v) is 2.91. The predicted octanol–water partition coefficient (Wildman–Crippen LogP) is 3.64. The molecule has 0 bridgehead atoms. The van der Waals surface area contributed by atoms with Crippen molar-refractivity contribution in [2.75, 3.05) is 0 Å². The molecule has 0 aliphatic heterocycles. The maximum Gasteiger partial charge on any atom is 0.133 e. The van der Waals surface area contributed by atoms with E-state index in [-0.39, 0.29) is 5.41 Å². The average molecular weight is 296 g/mol. The Morgan fingerprint density at radius 2 is 2.00 bits per heavy atom. The van der Waals surface area contributed by atoms with Crippen molar-refractivity contribution in [2.24, 2.45) is 0 Å². The van der Waals surface area contributed by atoms with Gasteiger partial charge in [0.2, 0.25) is 0 Å². The highest BCUT2D eigenvalue weighted by atomic mass is 127. The number of rotatable bonds is 0. The summed E-state index contributed by atoms with van der Waals surface area (Å²) in [6, 6.07) is 1.98. The molecule has 0 N–H and O–H groups in total. The van der Waals surface area contributed by atoms with Crippen LogP contribution in [0, 0.1) is 3.57 Å². The first-order valence-corrected chi connectivity index (χ1v) is 5.19. The van der Waals surface area contributed by atoms with Crippen LogP contribution in [0.25, 0.3) is 0 Å². The van der Waals surface area contributed by atoms with Gasteiger partial charge in [-0.15, -0.1) is 0 Å². The Balaban J connectivity index is 3.31. The molecule has 0 unspecified atom stereocenters. The first-order chi connectivity index (χ1) is 5.43. The minimum atomic E-state index is 0.0713. The molecular weight excluding hydrogens is 284 g/mol. The Hall–Kier alpha value is 0.170. The third-order valence-corrected chi connectivity index (χ3v) is 2.79. The molecule has 0 aliphatic carbocycles. The molecule has 66 valence electrons. The molecule has 1 rings (SSSR count). The fraction of sp³-hybridized carbons (Fsp3) is 0.444. The standard InChI is InChI=1S/C9H11ClIN/c1-9(2,3)7-6(11)4-5-12-8(7)10/h4-5H,1-3H3. The van der Waals surface area contributed by atoms with E-state index in [0.717, 1.165) is 5.56 Å². The van der Waals surface area contributed by atoms with Crippen LogP contribution in [0.2, 0.25) is 5.15 Å². The lowest BCUT2D eigenvalue weighted by atomic mass is 9.88. The van der Waals surface area contributed by atoms with Crippen LogP contribution in [-0.4, -0.2) is 4.98 Å². The molecule has 0 saturated carbocycles. The van der Waals surface area contributed by atoms with E-state index >= 15 is 0 Å². The number of aromatic nitrogens is 1. The zero-order chi connectivity index (χ0) is 9.35. The summed E-state index contributed by atoms with van der Waals surface area (Å²) in [5.74, 6) is 0. The SMILES string of the molecule is CC(C)(C)c1c(I)ccnc1Cl. The molecule has 1 aromatic rings. The summed E-state index contributed by atoms with van der Waals surface area (Å²) < 4.78 is 1.18. The van der Waals surface area contributed by atoms with Gasteiger partial charge in [-0.2, -0.15) is 0 Å². The van der Waals surface area contributed by atoms with Crippen molar-refractivity contribution in [3.8, 4) is 0 Å². The van der Waals surface area contributed by atoms with Crippen molar-refractivity contribution in [1.82, 2.24) is 4.98 Å². The van der Waals surface area contributed by atoms with E-state index in [2.05, 4.69) is 48.3 Å². The highest BCUT2D eigenvalue weighted by Gasteiger charge is 2.20. The van der Waals surface area contributed by atoms with Gasteiger partial charge in [-0.1, -0.05) is 32.4 Å². The van der Waals surface area contributed by atoms with Gasteiger partial charge in [0.05, 0.1) is 0 Å². The second-order valence-corrected chi connectivity index (χ2v) is 5.23. The lowest BCUT2D eigenvalue weighted by Gasteiger charge is -2.21. The maximum absolute atomic E-state index is 6.00. The van der Waals surface area contributed by atoms with E-state index < -0.39 is 0 Å². The summed E-state index contributed by atoms with van der Waals surface area (Å²) >= 11 is 8.29. The smallest absolute Gasteiger partial charge is 0.133 e. The zero-order valence-corrected chi connectivity index (χ0v) is 10.3. The topological polar surface area (TPSA) is 12.9 Å². The van der Waals surface area contributed by atoms with Gasteiger partial charge in [0.1, 0.15) is 5.15 Å². The maximum atomic E-state index is 6.00. The second kappa shape index (κ2) is 3.50. The number of pyridine rings is 1. The number of nitrogens with zero attached hydrogens (tertiary/aromatic N) is 1. The third-order valence-electron chi connectivity index (χ3n) is 1.60. The van der Waals surface area contributed by atoms with Gasteiger partial charge in [0.25, 0.3) is 0 Å². The highest BCUT2D eigenvalue weighted by molar-refractivity contribution is 14.1. The van der Waals surface area contributed by atoms with Crippen LogP contribution in [0.3, 0.4) is 0 Å². The number of halogens is 2. The van der Waals surface area contributed by atoms with E-state index in [9.17, 15) is 0 Å². The van der Waals surface area contributed by atoms with Crippen LogP contribution in [-0.2, 0) is 5.41 Å². The minimum absolute atomic E-state index is 0.0713. The van der Waals surface area contributed by atoms with E-state index in [0.29, 0.717) is 5.15 Å². The van der Waals surface area contributed by atoms with Gasteiger partial charge in [-0.3, -0.25) is 0 Å². The monoisotopic (exact) mass is 295 g/mol. The Bertz CT molecular complexity index is 271. The molecule has 0 fully saturated rings. The van der Waals surface area contributed by atoms with Crippen molar-refractivity contribution < 1.29 is 0 Å². The Morgan fingerprint density at radius 3 is 2.33 bits per heavy atom. The van der Waals surface area contributed by atoms with Crippen molar-refractivity contribution >= 4 is 34.2 Å². The Labute approximate surface area is 91.7 Å². The van der Waals surface area contributed by atoms with Gasteiger partial charge in [-0.25, -0.2) is 4.98 Å². The Kier molecular flexibility index (Phi) is 2.99. The van der Waals surface area contributed by atoms with Crippen LogP contribution in [0.1, 0.15) is 26.3 Å². The van der Waals surface area contributed by atoms with Gasteiger partial charge in [0.15, 0.2) is 0 Å². The van der Waals surface area contributed by atoms with Crippen molar-refractivity contribution in [1.29, 1.82) is 0 Å². The number of hydrogen-bond acceptors (Lipinski definition) is 1. The normalized spacial score (nSPS) is 11.8. The van der Waals surface area contributed by atoms with Crippen LogP contribution in [0.4, 0.5) is 0 Å². The molecule has 3 heteroatoms. The second-order valence-electron chi connectivity index (χ2n) is 3.71. The molecule has 0 aromatic carbocycles. The molecule has 12 heavy (non-hydrogen) atoms. The largest absolute Gasteiger partial charge is 0.244 e. The molecule has 0 atom stereocenters. The average Bonchev–Trinajstić information content (AvgIpc) is 1.82. The molecule has 0 aliphatic rings. The molecular formula is C9H11ClIN. The summed E-state index contributed by atoms with van der Waals surface area (Å²) in [5, 5.41) is 0.620. The van der Waals surface area contributed by atoms with Gasteiger partial charge in [-0.05, 0) is 34.1 Å². The molecule has 0 amide bonds. The van der Waals surface area contributed by atoms with E-state index in [1.165, 1.54) is 3.57 Å². The molecule has 1 nitrogen and oxygen atoms in total. The summed E-state index contributed by atoms with van der Waals surface area (Å²) in [7, 11) is 0. The Morgan fingerprint density at radius 1 is 1.42 bits per heavy atom. The highest BCUT2D eigenvalue weighted by Crippen LogP contribution is 2.31. The molecule has 1 heterocycles. The first-order valence-electron chi connectivity index (χ1n) is 3.73. The summed E-state index contributed by atoms with van der Waals surface area (Å²) in [4.78, 5) is 4.07. The zero-order valence-electron chi connectivity index (χ0n) is 7.36. The van der Waals surface area contributed by atoms with Crippen LogP contribution < -0.4 is 0 Å². The van der Waals surface area contributed by atoms with Gasteiger partial charge < -0.3 is 0 Å². The van der Waals surface area contributed by atoms with Gasteiger partial charge >= 0.3 is 0 Å². The van der Waals surface area contributed by atoms with Crippen molar-refractivity contribution in [3.05, 3.63) is 26.5 Å². The fourth-order valence-electron chi connectivity index (χ4n) is 1.08. The minimum Gasteiger partial charge on any atom is -0.244 e. The summed E-state index contributed by atoms with van der Waals surface area (Å²) in [6.07, 6.45) is 1.74. The van der Waals surface area contributed by atoms with Crippen LogP contribution in [0.5, 0.6) is 0 Å². The third kappa shape index (κ3) is 2.10. The van der Waals surface area contributed by atoms with Crippen molar-refractivity contribution in [2.45, 2.75) is 26.2 Å². The molecule has 0 radical (unpaired) electrons. The molecule has 0 spiro atoms. The van der Waals surface area contributed by atoms with Crippen LogP contribution in [0.15, 0.2) is 12.3 Å². The van der Waals surface area contributed by atoms with Gasteiger partial charge in [0, 0.05) is 15.3 Å². The predicted molar refractivity (Wildman–Crippen MR) is 60.7 cm³/mol. The van der Waals surface area contributed by atoms with E-state index in [4.69, 9.17) is 11.6 Å². The quantitative estimate of drug-likeness (QED) is 0.526. The van der Waals surface area contributed by atoms with E-state index in [1.807, 2.05) is 6.07 Å². The molecule has 0 saturated heterocycles. The lowest BCUT2D eigenvalue weighted by Crippen LogP contribution is -2.14. The molecule has 1 aromatic heterocycles. The van der Waals surface area contributed by atoms with E-state index in [1.54, 1.807) is 6.20 Å². The first kappa shape index (κ1) is 10.3. The number of hydrogen-bond donors (Lipinski definition) is 0. The van der Waals surface area contributed by atoms with Crippen molar-refractivity contribution in [3.63, 3.8) is 0 Å².